The SMILES string of the molecule is CCC(C(=O)Nc1ccc(N)cc1)N1CCCNCC1. The molecule has 1 atom stereocenters. The number of rotatable bonds is 4. The van der Waals surface area contributed by atoms with E-state index in [2.05, 4.69) is 22.5 Å². The van der Waals surface area contributed by atoms with Gasteiger partial charge in [0.25, 0.3) is 0 Å². The summed E-state index contributed by atoms with van der Waals surface area (Å²) in [7, 11) is 0. The summed E-state index contributed by atoms with van der Waals surface area (Å²) in [6.45, 7) is 5.94. The van der Waals surface area contributed by atoms with Crippen molar-refractivity contribution < 1.29 is 4.79 Å². The lowest BCUT2D eigenvalue weighted by Gasteiger charge is -2.28. The van der Waals surface area contributed by atoms with Crippen LogP contribution < -0.4 is 16.4 Å². The minimum Gasteiger partial charge on any atom is -0.399 e. The standard InChI is InChI=1S/C15H24N4O/c1-2-14(19-10-3-8-17-9-11-19)15(20)18-13-6-4-12(16)5-7-13/h4-7,14,17H,2-3,8-11,16H2,1H3,(H,18,20). The lowest BCUT2D eigenvalue weighted by Crippen LogP contribution is -2.45. The van der Waals surface area contributed by atoms with Crippen LogP contribution in [-0.4, -0.2) is 43.0 Å². The van der Waals surface area contributed by atoms with E-state index in [1.807, 2.05) is 12.1 Å². The van der Waals surface area contributed by atoms with Crippen molar-refractivity contribution in [2.45, 2.75) is 25.8 Å². The average molecular weight is 276 g/mol. The van der Waals surface area contributed by atoms with Gasteiger partial charge in [-0.05, 0) is 43.7 Å². The number of carbonyl (C=O) groups is 1. The third kappa shape index (κ3) is 3.95. The minimum atomic E-state index is -0.0625. The predicted octanol–water partition coefficient (Wildman–Crippen LogP) is 1.28. The average Bonchev–Trinajstić information content (AvgIpc) is 2.71. The van der Waals surface area contributed by atoms with Crippen LogP contribution in [0.3, 0.4) is 0 Å². The molecule has 5 heteroatoms. The number of anilines is 2. The van der Waals surface area contributed by atoms with Gasteiger partial charge in [0.1, 0.15) is 0 Å². The molecule has 0 aliphatic carbocycles. The Hall–Kier alpha value is -1.59. The molecule has 4 N–H and O–H groups in total. The predicted molar refractivity (Wildman–Crippen MR) is 82.6 cm³/mol. The normalized spacial score (nSPS) is 18.2. The molecular formula is C15H24N4O. The minimum absolute atomic E-state index is 0.0625. The van der Waals surface area contributed by atoms with E-state index in [4.69, 9.17) is 5.73 Å². The number of nitrogens with two attached hydrogens (primary N) is 1. The fourth-order valence-electron chi connectivity index (χ4n) is 2.58. The van der Waals surface area contributed by atoms with Gasteiger partial charge >= 0.3 is 0 Å². The molecule has 1 aliphatic heterocycles. The molecule has 1 saturated heterocycles. The summed E-state index contributed by atoms with van der Waals surface area (Å²) in [5, 5.41) is 6.35. The summed E-state index contributed by atoms with van der Waals surface area (Å²) in [4.78, 5) is 14.7. The number of hydrogen-bond donors (Lipinski definition) is 3. The smallest absolute Gasteiger partial charge is 0.241 e. The van der Waals surface area contributed by atoms with Gasteiger partial charge < -0.3 is 16.4 Å². The largest absolute Gasteiger partial charge is 0.399 e. The van der Waals surface area contributed by atoms with Crippen molar-refractivity contribution in [2.75, 3.05) is 37.2 Å². The van der Waals surface area contributed by atoms with Crippen molar-refractivity contribution in [3.63, 3.8) is 0 Å². The van der Waals surface area contributed by atoms with E-state index >= 15 is 0 Å². The highest BCUT2D eigenvalue weighted by atomic mass is 16.2. The number of benzene rings is 1. The summed E-state index contributed by atoms with van der Waals surface area (Å²) >= 11 is 0. The van der Waals surface area contributed by atoms with Gasteiger partial charge in [-0.3, -0.25) is 9.69 Å². The van der Waals surface area contributed by atoms with Gasteiger partial charge in [-0.15, -0.1) is 0 Å². The van der Waals surface area contributed by atoms with Crippen LogP contribution in [0.4, 0.5) is 11.4 Å². The van der Waals surface area contributed by atoms with Crippen molar-refractivity contribution in [2.24, 2.45) is 0 Å². The van der Waals surface area contributed by atoms with Crippen molar-refractivity contribution in [1.82, 2.24) is 10.2 Å². The Balaban J connectivity index is 1.98. The first-order valence-corrected chi connectivity index (χ1v) is 7.32. The van der Waals surface area contributed by atoms with Crippen LogP contribution in [0.2, 0.25) is 0 Å². The maximum absolute atomic E-state index is 12.4. The number of nitrogens with one attached hydrogen (secondary N) is 2. The van der Waals surface area contributed by atoms with Crippen LogP contribution in [0.25, 0.3) is 0 Å². The van der Waals surface area contributed by atoms with Crippen molar-refractivity contribution in [3.8, 4) is 0 Å². The first kappa shape index (κ1) is 14.8. The highest BCUT2D eigenvalue weighted by molar-refractivity contribution is 5.94. The molecule has 0 aromatic heterocycles. The highest BCUT2D eigenvalue weighted by Gasteiger charge is 2.24. The Labute approximate surface area is 120 Å². The molecule has 0 saturated carbocycles. The number of carbonyl (C=O) groups excluding carboxylic acids is 1. The molecule has 5 nitrogen and oxygen atoms in total. The van der Waals surface area contributed by atoms with E-state index in [0.717, 1.165) is 44.7 Å². The van der Waals surface area contributed by atoms with E-state index in [0.29, 0.717) is 5.69 Å². The Morgan fingerprint density at radius 1 is 1.35 bits per heavy atom. The summed E-state index contributed by atoms with van der Waals surface area (Å²) < 4.78 is 0. The third-order valence-electron chi connectivity index (χ3n) is 3.68. The van der Waals surface area contributed by atoms with Crippen LogP contribution in [-0.2, 0) is 4.79 Å². The van der Waals surface area contributed by atoms with Gasteiger partial charge in [-0.2, -0.15) is 0 Å². The van der Waals surface area contributed by atoms with E-state index in [9.17, 15) is 4.79 Å². The second-order valence-electron chi connectivity index (χ2n) is 5.17. The van der Waals surface area contributed by atoms with Crippen LogP contribution in [0.15, 0.2) is 24.3 Å². The molecule has 20 heavy (non-hydrogen) atoms. The maximum Gasteiger partial charge on any atom is 0.241 e. The Morgan fingerprint density at radius 2 is 2.10 bits per heavy atom. The van der Waals surface area contributed by atoms with Crippen molar-refractivity contribution >= 4 is 17.3 Å². The van der Waals surface area contributed by atoms with Crippen molar-refractivity contribution in [3.05, 3.63) is 24.3 Å². The lowest BCUT2D eigenvalue weighted by atomic mass is 10.1. The zero-order valence-corrected chi connectivity index (χ0v) is 12.1. The topological polar surface area (TPSA) is 70.4 Å². The zero-order chi connectivity index (χ0) is 14.4. The maximum atomic E-state index is 12.4. The molecule has 1 aliphatic rings. The quantitative estimate of drug-likeness (QED) is 0.725. The van der Waals surface area contributed by atoms with Gasteiger partial charge in [0.05, 0.1) is 6.04 Å². The number of nitrogens with zero attached hydrogens (tertiary/aromatic N) is 1. The van der Waals surface area contributed by atoms with Crippen LogP contribution >= 0.6 is 0 Å². The van der Waals surface area contributed by atoms with Gasteiger partial charge in [0.2, 0.25) is 5.91 Å². The molecule has 1 aromatic carbocycles. The molecule has 0 spiro atoms. The monoisotopic (exact) mass is 276 g/mol. The first-order valence-electron chi connectivity index (χ1n) is 7.32. The van der Waals surface area contributed by atoms with E-state index in [1.54, 1.807) is 12.1 Å². The molecule has 2 rings (SSSR count). The number of nitrogen functional groups attached to an aromatic ring is 1. The van der Waals surface area contributed by atoms with Crippen LogP contribution in [0.5, 0.6) is 0 Å². The van der Waals surface area contributed by atoms with E-state index in [1.165, 1.54) is 0 Å². The Bertz CT molecular complexity index is 424. The molecule has 0 bridgehead atoms. The highest BCUT2D eigenvalue weighted by Crippen LogP contribution is 2.14. The second-order valence-corrected chi connectivity index (χ2v) is 5.17. The molecule has 1 unspecified atom stereocenters. The summed E-state index contributed by atoms with van der Waals surface area (Å²) in [6, 6.07) is 7.21. The molecule has 1 aromatic rings. The molecule has 1 heterocycles. The summed E-state index contributed by atoms with van der Waals surface area (Å²) in [5.41, 5.74) is 7.15. The molecule has 110 valence electrons. The van der Waals surface area contributed by atoms with Gasteiger partial charge in [-0.25, -0.2) is 0 Å². The third-order valence-corrected chi connectivity index (χ3v) is 3.68. The van der Waals surface area contributed by atoms with Gasteiger partial charge in [0.15, 0.2) is 0 Å². The molecule has 0 radical (unpaired) electrons. The van der Waals surface area contributed by atoms with Gasteiger partial charge in [0, 0.05) is 31.0 Å². The fourth-order valence-corrected chi connectivity index (χ4v) is 2.58. The summed E-state index contributed by atoms with van der Waals surface area (Å²) in [5.74, 6) is 0.0687. The van der Waals surface area contributed by atoms with E-state index in [-0.39, 0.29) is 11.9 Å². The van der Waals surface area contributed by atoms with Gasteiger partial charge in [-0.1, -0.05) is 6.92 Å². The van der Waals surface area contributed by atoms with Crippen LogP contribution in [0, 0.1) is 0 Å². The van der Waals surface area contributed by atoms with Crippen LogP contribution in [0.1, 0.15) is 19.8 Å². The number of amides is 1. The Kier molecular flexibility index (Phi) is 5.38. The molecule has 1 fully saturated rings. The lowest BCUT2D eigenvalue weighted by molar-refractivity contribution is -0.121. The molecular weight excluding hydrogens is 252 g/mol. The second kappa shape index (κ2) is 7.26. The zero-order valence-electron chi connectivity index (χ0n) is 12.1. The van der Waals surface area contributed by atoms with Crippen molar-refractivity contribution in [1.29, 1.82) is 0 Å². The Morgan fingerprint density at radius 3 is 2.80 bits per heavy atom. The molecule has 1 amide bonds. The fraction of sp³-hybridized carbons (Fsp3) is 0.533. The summed E-state index contributed by atoms with van der Waals surface area (Å²) in [6.07, 6.45) is 1.91. The number of hydrogen-bond acceptors (Lipinski definition) is 4. The first-order chi connectivity index (χ1) is 9.70. The van der Waals surface area contributed by atoms with E-state index < -0.39 is 0 Å².